The number of hydrogen-bond acceptors (Lipinski definition) is 6. The van der Waals surface area contributed by atoms with Gasteiger partial charge in [0.05, 0.1) is 32.1 Å². The van der Waals surface area contributed by atoms with E-state index in [1.165, 1.54) is 0 Å². The zero-order chi connectivity index (χ0) is 21.5. The molecule has 1 aromatic heterocycles. The molecule has 3 rings (SSSR count). The van der Waals surface area contributed by atoms with Crippen molar-refractivity contribution in [3.8, 4) is 17.0 Å². The normalized spacial score (nSPS) is 21.4. The van der Waals surface area contributed by atoms with Crippen molar-refractivity contribution in [1.29, 1.82) is 0 Å². The van der Waals surface area contributed by atoms with Crippen LogP contribution in [0.4, 0.5) is 4.79 Å². The number of para-hydroxylation sites is 1. The number of methoxy groups -OCH3 is 1. The molecule has 1 fully saturated rings. The van der Waals surface area contributed by atoms with Gasteiger partial charge in [0.25, 0.3) is 0 Å². The predicted octanol–water partition coefficient (Wildman–Crippen LogP) is 1.96. The Kier molecular flexibility index (Phi) is 7.64. The summed E-state index contributed by atoms with van der Waals surface area (Å²) < 4.78 is 13.2. The van der Waals surface area contributed by atoms with E-state index in [0.29, 0.717) is 6.54 Å². The van der Waals surface area contributed by atoms with Crippen LogP contribution < -0.4 is 15.4 Å². The molecule has 3 N–H and O–H groups in total. The van der Waals surface area contributed by atoms with Crippen LogP contribution in [0.2, 0.25) is 0 Å². The molecule has 0 unspecified atom stereocenters. The number of benzene rings is 1. The van der Waals surface area contributed by atoms with Crippen LogP contribution in [-0.2, 0) is 11.3 Å². The minimum absolute atomic E-state index is 0.00716. The van der Waals surface area contributed by atoms with Crippen LogP contribution in [0, 0.1) is 0 Å². The lowest BCUT2D eigenvalue weighted by Gasteiger charge is -2.36. The number of aromatic nitrogens is 3. The summed E-state index contributed by atoms with van der Waals surface area (Å²) in [6.45, 7) is 4.32. The summed E-state index contributed by atoms with van der Waals surface area (Å²) in [5.74, 6) is 0.756. The number of amides is 2. The Morgan fingerprint density at radius 1 is 1.37 bits per heavy atom. The largest absolute Gasteiger partial charge is 0.496 e. The highest BCUT2D eigenvalue weighted by Crippen LogP contribution is 2.28. The number of ether oxygens (including phenoxy) is 2. The number of aryl methyl sites for hydroxylation is 1. The molecule has 1 aliphatic heterocycles. The van der Waals surface area contributed by atoms with Gasteiger partial charge < -0.3 is 25.2 Å². The molecule has 1 aromatic carbocycles. The van der Waals surface area contributed by atoms with Crippen molar-refractivity contribution in [2.45, 2.75) is 63.9 Å². The van der Waals surface area contributed by atoms with Gasteiger partial charge in [-0.1, -0.05) is 17.3 Å². The molecule has 1 aliphatic rings. The Morgan fingerprint density at radius 2 is 2.17 bits per heavy atom. The third-order valence-electron chi connectivity index (χ3n) is 5.13. The summed E-state index contributed by atoms with van der Waals surface area (Å²) in [7, 11) is 1.63. The summed E-state index contributed by atoms with van der Waals surface area (Å²) in [5, 5.41) is 23.9. The molecule has 30 heavy (non-hydrogen) atoms. The molecule has 3 atom stereocenters. The lowest BCUT2D eigenvalue weighted by molar-refractivity contribution is -0.0908. The number of aliphatic hydroxyl groups excluding tert-OH is 1. The van der Waals surface area contributed by atoms with Crippen molar-refractivity contribution in [2.24, 2.45) is 0 Å². The minimum Gasteiger partial charge on any atom is -0.496 e. The van der Waals surface area contributed by atoms with E-state index < -0.39 is 6.10 Å². The number of nitrogens with one attached hydrogen (secondary N) is 2. The van der Waals surface area contributed by atoms with E-state index in [2.05, 4.69) is 20.9 Å². The fraction of sp³-hybridized carbons (Fsp3) is 0.571. The Bertz CT molecular complexity index is 825. The fourth-order valence-electron chi connectivity index (χ4n) is 3.65. The first kappa shape index (κ1) is 22.0. The molecule has 0 bridgehead atoms. The maximum Gasteiger partial charge on any atom is 0.315 e. The average molecular weight is 418 g/mol. The number of rotatable bonds is 8. The van der Waals surface area contributed by atoms with Crippen LogP contribution in [0.25, 0.3) is 11.3 Å². The van der Waals surface area contributed by atoms with Crippen LogP contribution >= 0.6 is 0 Å². The lowest BCUT2D eigenvalue weighted by Crippen LogP contribution is -2.54. The zero-order valence-electron chi connectivity index (χ0n) is 17.7. The number of carbonyl (C=O) groups excluding carboxylic acids is 1. The molecule has 0 spiro atoms. The van der Waals surface area contributed by atoms with Crippen molar-refractivity contribution < 1.29 is 19.4 Å². The quantitative estimate of drug-likeness (QED) is 0.606. The Balaban J connectivity index is 1.52. The smallest absolute Gasteiger partial charge is 0.315 e. The zero-order valence-corrected chi connectivity index (χ0v) is 17.7. The molecule has 2 amide bonds. The highest BCUT2D eigenvalue weighted by Gasteiger charge is 2.31. The Labute approximate surface area is 176 Å². The fourth-order valence-corrected chi connectivity index (χ4v) is 3.65. The van der Waals surface area contributed by atoms with Crippen molar-refractivity contribution in [1.82, 2.24) is 25.6 Å². The van der Waals surface area contributed by atoms with Gasteiger partial charge in [-0.2, -0.15) is 0 Å². The molecule has 1 saturated heterocycles. The van der Waals surface area contributed by atoms with Crippen molar-refractivity contribution in [3.05, 3.63) is 30.5 Å². The van der Waals surface area contributed by atoms with Gasteiger partial charge in [0.15, 0.2) is 0 Å². The monoisotopic (exact) mass is 417 g/mol. The number of urea groups is 1. The molecule has 0 aliphatic carbocycles. The van der Waals surface area contributed by atoms with Gasteiger partial charge in [-0.05, 0) is 45.2 Å². The molecule has 9 nitrogen and oxygen atoms in total. The second-order valence-electron chi connectivity index (χ2n) is 7.79. The molecular weight excluding hydrogens is 386 g/mol. The minimum atomic E-state index is -0.415. The number of hydrogen-bond donors (Lipinski definition) is 3. The van der Waals surface area contributed by atoms with Gasteiger partial charge in [0.2, 0.25) is 0 Å². The van der Waals surface area contributed by atoms with Crippen LogP contribution in [0.5, 0.6) is 5.75 Å². The van der Waals surface area contributed by atoms with E-state index in [1.807, 2.05) is 44.3 Å². The second kappa shape index (κ2) is 10.4. The first-order chi connectivity index (χ1) is 14.5. The summed E-state index contributed by atoms with van der Waals surface area (Å²) >= 11 is 0. The number of aliphatic hydroxyl groups is 1. The summed E-state index contributed by atoms with van der Waals surface area (Å²) in [5.41, 5.74) is 1.65. The predicted molar refractivity (Wildman–Crippen MR) is 112 cm³/mol. The maximum absolute atomic E-state index is 12.0. The summed E-state index contributed by atoms with van der Waals surface area (Å²) in [6.07, 6.45) is 3.78. The van der Waals surface area contributed by atoms with Crippen molar-refractivity contribution in [2.75, 3.05) is 13.7 Å². The summed E-state index contributed by atoms with van der Waals surface area (Å²) in [6, 6.07) is 7.32. The first-order valence-corrected chi connectivity index (χ1v) is 10.4. The highest BCUT2D eigenvalue weighted by molar-refractivity contribution is 5.74. The molecule has 2 aromatic rings. The third kappa shape index (κ3) is 5.70. The van der Waals surface area contributed by atoms with Gasteiger partial charge in [0, 0.05) is 18.2 Å². The summed E-state index contributed by atoms with van der Waals surface area (Å²) in [4.78, 5) is 12.0. The van der Waals surface area contributed by atoms with Gasteiger partial charge >= 0.3 is 6.03 Å². The first-order valence-electron chi connectivity index (χ1n) is 10.4. The van der Waals surface area contributed by atoms with Crippen LogP contribution in [0.1, 0.15) is 33.1 Å². The number of nitrogens with zero attached hydrogens (tertiary/aromatic N) is 3. The van der Waals surface area contributed by atoms with Crippen molar-refractivity contribution in [3.63, 3.8) is 0 Å². The average Bonchev–Trinajstić information content (AvgIpc) is 3.21. The van der Waals surface area contributed by atoms with Crippen LogP contribution in [0.15, 0.2) is 30.5 Å². The molecule has 0 saturated carbocycles. The van der Waals surface area contributed by atoms with E-state index in [0.717, 1.165) is 36.3 Å². The maximum atomic E-state index is 12.0. The van der Waals surface area contributed by atoms with Gasteiger partial charge in [-0.15, -0.1) is 5.10 Å². The molecular formula is C21H31N5O4. The lowest BCUT2D eigenvalue weighted by atomic mass is 9.97. The SMILES string of the molecule is COc1ccccc1-c1cn(CC[C@@H]2CC[C@H](NC(=O)NC(C)C)[C@@H](CO)O2)nn1. The Morgan fingerprint density at radius 3 is 2.90 bits per heavy atom. The highest BCUT2D eigenvalue weighted by atomic mass is 16.5. The van der Waals surface area contributed by atoms with E-state index >= 15 is 0 Å². The molecule has 9 heteroatoms. The van der Waals surface area contributed by atoms with E-state index in [9.17, 15) is 9.90 Å². The van der Waals surface area contributed by atoms with Gasteiger partial charge in [-0.25, -0.2) is 4.79 Å². The van der Waals surface area contributed by atoms with E-state index in [4.69, 9.17) is 9.47 Å². The molecule has 164 valence electrons. The van der Waals surface area contributed by atoms with Gasteiger partial charge in [0.1, 0.15) is 17.5 Å². The van der Waals surface area contributed by atoms with Crippen molar-refractivity contribution >= 4 is 6.03 Å². The Hall–Kier alpha value is -2.65. The van der Waals surface area contributed by atoms with Crippen LogP contribution in [0.3, 0.4) is 0 Å². The topological polar surface area (TPSA) is 111 Å². The van der Waals surface area contributed by atoms with Crippen LogP contribution in [-0.4, -0.2) is 64.1 Å². The van der Waals surface area contributed by atoms with Gasteiger partial charge in [-0.3, -0.25) is 4.68 Å². The standard InChI is InChI=1S/C21H31N5O4/c1-14(2)22-21(28)23-17-9-8-15(30-20(17)13-27)10-11-26-12-18(24-25-26)16-6-4-5-7-19(16)29-3/h4-7,12,14-15,17,20,27H,8-11,13H2,1-3H3,(H2,22,23,28)/t15-,17-,20+/m0/s1. The molecule has 0 radical (unpaired) electrons. The van der Waals surface area contributed by atoms with E-state index in [1.54, 1.807) is 11.8 Å². The molecule has 2 heterocycles. The van der Waals surface area contributed by atoms with E-state index in [-0.39, 0.29) is 30.8 Å². The number of carbonyl (C=O) groups is 1. The second-order valence-corrected chi connectivity index (χ2v) is 7.79. The third-order valence-corrected chi connectivity index (χ3v) is 5.13.